The second kappa shape index (κ2) is 8.52. The Morgan fingerprint density at radius 1 is 1.17 bits per heavy atom. The van der Waals surface area contributed by atoms with E-state index in [0.717, 1.165) is 45.3 Å². The van der Waals surface area contributed by atoms with Crippen molar-refractivity contribution in [3.05, 3.63) is 0 Å². The summed E-state index contributed by atoms with van der Waals surface area (Å²) in [6.45, 7) is 7.27. The molecule has 0 bridgehead atoms. The summed E-state index contributed by atoms with van der Waals surface area (Å²) in [6, 6.07) is -0.300. The summed E-state index contributed by atoms with van der Waals surface area (Å²) in [4.78, 5) is 28.8. The van der Waals surface area contributed by atoms with Crippen LogP contribution in [0.25, 0.3) is 0 Å². The highest BCUT2D eigenvalue weighted by molar-refractivity contribution is 5.87. The minimum Gasteiger partial charge on any atom is -0.352 e. The molecule has 0 radical (unpaired) electrons. The van der Waals surface area contributed by atoms with Gasteiger partial charge in [0.25, 0.3) is 0 Å². The molecule has 2 aliphatic heterocycles. The van der Waals surface area contributed by atoms with E-state index in [2.05, 4.69) is 24.1 Å². The van der Waals surface area contributed by atoms with Crippen LogP contribution in [0.3, 0.4) is 0 Å². The Bertz CT molecular complexity index is 415. The number of urea groups is 1. The topological polar surface area (TPSA) is 78.7 Å². The van der Waals surface area contributed by atoms with Crippen LogP contribution in [0.5, 0.6) is 0 Å². The van der Waals surface area contributed by atoms with Gasteiger partial charge in [-0.25, -0.2) is 4.79 Å². The Hall–Kier alpha value is -1.30. The highest BCUT2D eigenvalue weighted by Gasteiger charge is 2.40. The molecule has 23 heavy (non-hydrogen) atoms. The number of nitrogens with two attached hydrogens (primary N) is 1. The van der Waals surface area contributed by atoms with E-state index in [4.69, 9.17) is 5.73 Å². The fourth-order valence-electron chi connectivity index (χ4n) is 4.18. The van der Waals surface area contributed by atoms with Crippen molar-refractivity contribution in [3.63, 3.8) is 0 Å². The lowest BCUT2D eigenvalue weighted by Crippen LogP contribution is -2.55. The lowest BCUT2D eigenvalue weighted by Gasteiger charge is -2.36. The third kappa shape index (κ3) is 4.37. The van der Waals surface area contributed by atoms with E-state index < -0.39 is 12.1 Å². The molecule has 2 heterocycles. The lowest BCUT2D eigenvalue weighted by atomic mass is 10.0. The van der Waals surface area contributed by atoms with Crippen molar-refractivity contribution in [2.75, 3.05) is 19.6 Å². The van der Waals surface area contributed by atoms with E-state index in [-0.39, 0.29) is 5.91 Å². The second-order valence-corrected chi connectivity index (χ2v) is 6.78. The molecule has 0 aromatic rings. The maximum Gasteiger partial charge on any atom is 0.312 e. The van der Waals surface area contributed by atoms with Crippen molar-refractivity contribution in [2.45, 2.75) is 76.9 Å². The number of nitrogens with one attached hydrogen (secondary N) is 1. The minimum atomic E-state index is -0.605. The second-order valence-electron chi connectivity index (χ2n) is 6.78. The van der Waals surface area contributed by atoms with Crippen LogP contribution in [0.1, 0.15) is 58.8 Å². The number of carbonyl (C=O) groups is 2. The van der Waals surface area contributed by atoms with Gasteiger partial charge in [-0.1, -0.05) is 26.7 Å². The zero-order valence-electron chi connectivity index (χ0n) is 14.6. The molecule has 0 aliphatic carbocycles. The predicted octanol–water partition coefficient (Wildman–Crippen LogP) is 1.69. The van der Waals surface area contributed by atoms with Gasteiger partial charge in [0.05, 0.1) is 0 Å². The third-order valence-electron chi connectivity index (χ3n) is 5.31. The van der Waals surface area contributed by atoms with E-state index >= 15 is 0 Å². The van der Waals surface area contributed by atoms with Crippen molar-refractivity contribution in [3.8, 4) is 0 Å². The Labute approximate surface area is 139 Å². The number of rotatable bonds is 7. The number of nitrogens with zero attached hydrogens (tertiary/aromatic N) is 2. The maximum atomic E-state index is 13.0. The molecule has 2 aliphatic rings. The quantitative estimate of drug-likeness (QED) is 0.748. The number of likely N-dealkylation sites (N-methyl/N-ethyl adjacent to an activating group) is 1. The van der Waals surface area contributed by atoms with Crippen molar-refractivity contribution in [1.29, 1.82) is 0 Å². The summed E-state index contributed by atoms with van der Waals surface area (Å²) >= 11 is 0. The Morgan fingerprint density at radius 3 is 2.52 bits per heavy atom. The van der Waals surface area contributed by atoms with Crippen LogP contribution in [0.4, 0.5) is 4.79 Å². The molecular weight excluding hydrogens is 292 g/mol. The van der Waals surface area contributed by atoms with Crippen molar-refractivity contribution >= 4 is 11.9 Å². The van der Waals surface area contributed by atoms with Gasteiger partial charge in [0.15, 0.2) is 0 Å². The summed E-state index contributed by atoms with van der Waals surface area (Å²) in [5, 5.41) is 2.66. The molecule has 0 aromatic heterocycles. The van der Waals surface area contributed by atoms with Gasteiger partial charge in [-0.15, -0.1) is 0 Å². The number of unbranched alkanes of at least 4 members (excludes halogenated alkanes) is 1. The maximum absolute atomic E-state index is 13.0. The number of amides is 3. The van der Waals surface area contributed by atoms with Crippen LogP contribution < -0.4 is 11.1 Å². The first-order valence-electron chi connectivity index (χ1n) is 9.19. The molecule has 132 valence electrons. The van der Waals surface area contributed by atoms with Crippen LogP contribution in [0, 0.1) is 0 Å². The molecule has 2 rings (SSSR count). The molecular formula is C17H32N4O2. The van der Waals surface area contributed by atoms with Crippen molar-refractivity contribution in [1.82, 2.24) is 15.1 Å². The van der Waals surface area contributed by atoms with Gasteiger partial charge in [-0.05, 0) is 45.2 Å². The Morgan fingerprint density at radius 2 is 1.87 bits per heavy atom. The SMILES string of the molecule is CCCCC(NC(N)=O)C(=O)N1CCCC1C1CCCN1CC. The van der Waals surface area contributed by atoms with Crippen molar-refractivity contribution < 1.29 is 9.59 Å². The van der Waals surface area contributed by atoms with Gasteiger partial charge < -0.3 is 16.0 Å². The van der Waals surface area contributed by atoms with Crippen LogP contribution >= 0.6 is 0 Å². The lowest BCUT2D eigenvalue weighted by molar-refractivity contribution is -0.135. The zero-order valence-corrected chi connectivity index (χ0v) is 14.6. The standard InChI is InChI=1S/C17H32N4O2/c1-3-5-8-13(19-17(18)23)16(22)21-12-7-10-15(21)14-9-6-11-20(14)4-2/h13-15H,3-12H2,1-2H3,(H3,18,19,23). The van der Waals surface area contributed by atoms with Gasteiger partial charge >= 0.3 is 6.03 Å². The van der Waals surface area contributed by atoms with E-state index in [9.17, 15) is 9.59 Å². The highest BCUT2D eigenvalue weighted by atomic mass is 16.2. The average Bonchev–Trinajstić information content (AvgIpc) is 3.17. The summed E-state index contributed by atoms with van der Waals surface area (Å²) < 4.78 is 0. The Balaban J connectivity index is 2.06. The van der Waals surface area contributed by atoms with Gasteiger partial charge in [-0.3, -0.25) is 9.69 Å². The van der Waals surface area contributed by atoms with Gasteiger partial charge in [-0.2, -0.15) is 0 Å². The molecule has 2 fully saturated rings. The van der Waals surface area contributed by atoms with Crippen molar-refractivity contribution in [2.24, 2.45) is 5.73 Å². The molecule has 0 spiro atoms. The van der Waals surface area contributed by atoms with Gasteiger partial charge in [0, 0.05) is 18.6 Å². The number of likely N-dealkylation sites (tertiary alicyclic amines) is 2. The van der Waals surface area contributed by atoms with Gasteiger partial charge in [0.2, 0.25) is 5.91 Å². The summed E-state index contributed by atoms with van der Waals surface area (Å²) in [7, 11) is 0. The molecule has 2 saturated heterocycles. The number of primary amides is 1. The minimum absolute atomic E-state index is 0.0581. The normalized spacial score (nSPS) is 26.4. The monoisotopic (exact) mass is 324 g/mol. The van der Waals surface area contributed by atoms with E-state index in [1.165, 1.54) is 12.8 Å². The summed E-state index contributed by atoms with van der Waals surface area (Å²) in [6.07, 6.45) is 7.11. The smallest absolute Gasteiger partial charge is 0.312 e. The Kier molecular flexibility index (Phi) is 6.69. The zero-order chi connectivity index (χ0) is 16.8. The van der Waals surface area contributed by atoms with E-state index in [1.54, 1.807) is 0 Å². The largest absolute Gasteiger partial charge is 0.352 e. The van der Waals surface area contributed by atoms with E-state index in [0.29, 0.717) is 18.5 Å². The summed E-state index contributed by atoms with van der Waals surface area (Å²) in [5.74, 6) is 0.0581. The molecule has 3 N–H and O–H groups in total. The third-order valence-corrected chi connectivity index (χ3v) is 5.31. The first-order chi connectivity index (χ1) is 11.1. The van der Waals surface area contributed by atoms with Crippen LogP contribution in [-0.4, -0.2) is 59.5 Å². The fourth-order valence-corrected chi connectivity index (χ4v) is 4.18. The van der Waals surface area contributed by atoms with Crippen LogP contribution in [-0.2, 0) is 4.79 Å². The molecule has 0 aromatic carbocycles. The molecule has 0 saturated carbocycles. The first kappa shape index (κ1) is 18.0. The van der Waals surface area contributed by atoms with E-state index in [1.807, 2.05) is 4.90 Å². The fraction of sp³-hybridized carbons (Fsp3) is 0.882. The molecule has 6 heteroatoms. The van der Waals surface area contributed by atoms with Gasteiger partial charge in [0.1, 0.15) is 6.04 Å². The predicted molar refractivity (Wildman–Crippen MR) is 91.0 cm³/mol. The first-order valence-corrected chi connectivity index (χ1v) is 9.19. The summed E-state index contributed by atoms with van der Waals surface area (Å²) in [5.41, 5.74) is 5.27. The average molecular weight is 324 g/mol. The number of hydrogen-bond donors (Lipinski definition) is 2. The van der Waals surface area contributed by atoms with Crippen LogP contribution in [0.15, 0.2) is 0 Å². The molecule has 3 atom stereocenters. The molecule has 3 amide bonds. The number of hydrogen-bond acceptors (Lipinski definition) is 3. The molecule has 6 nitrogen and oxygen atoms in total. The van der Waals surface area contributed by atoms with Crippen LogP contribution in [0.2, 0.25) is 0 Å². The highest BCUT2D eigenvalue weighted by Crippen LogP contribution is 2.30. The molecule has 3 unspecified atom stereocenters. The number of carbonyl (C=O) groups excluding carboxylic acids is 2.